The van der Waals surface area contributed by atoms with Gasteiger partial charge in [0.1, 0.15) is 0 Å². The number of Topliss-reactive ketones (excluding diaryl/α,β-unsaturated/α-hetero) is 1. The molecule has 86 valence electrons. The van der Waals surface area contributed by atoms with Crippen LogP contribution in [0.15, 0.2) is 53.0 Å². The van der Waals surface area contributed by atoms with E-state index >= 15 is 0 Å². The van der Waals surface area contributed by atoms with Gasteiger partial charge in [0, 0.05) is 21.5 Å². The highest BCUT2D eigenvalue weighted by atomic mass is 79.9. The van der Waals surface area contributed by atoms with Crippen molar-refractivity contribution in [2.24, 2.45) is 0 Å². The monoisotopic (exact) mass is 308 g/mol. The van der Waals surface area contributed by atoms with Gasteiger partial charge in [0.2, 0.25) is 0 Å². The number of hydrogen-bond acceptors (Lipinski definition) is 1. The number of carbonyl (C=O) groups excluding carboxylic acids is 1. The van der Waals surface area contributed by atoms with Crippen LogP contribution >= 0.6 is 27.5 Å². The molecule has 0 aromatic heterocycles. The number of benzene rings is 2. The molecule has 0 bridgehead atoms. The molecule has 0 aliphatic heterocycles. The molecular formula is C14H10BrClO. The summed E-state index contributed by atoms with van der Waals surface area (Å²) in [5.41, 5.74) is 1.68. The maximum Gasteiger partial charge on any atom is 0.167 e. The molecular weight excluding hydrogens is 300 g/mol. The lowest BCUT2D eigenvalue weighted by Crippen LogP contribution is -2.03. The van der Waals surface area contributed by atoms with Crippen molar-refractivity contribution >= 4 is 33.3 Å². The normalized spacial score (nSPS) is 10.2. The van der Waals surface area contributed by atoms with Gasteiger partial charge >= 0.3 is 0 Å². The first kappa shape index (κ1) is 12.3. The maximum atomic E-state index is 12.0. The van der Waals surface area contributed by atoms with Gasteiger partial charge in [0.25, 0.3) is 0 Å². The van der Waals surface area contributed by atoms with Crippen LogP contribution in [0.2, 0.25) is 5.02 Å². The van der Waals surface area contributed by atoms with Gasteiger partial charge in [0.05, 0.1) is 0 Å². The molecule has 2 rings (SSSR count). The van der Waals surface area contributed by atoms with Crippen LogP contribution < -0.4 is 0 Å². The van der Waals surface area contributed by atoms with Crippen molar-refractivity contribution in [3.63, 3.8) is 0 Å². The first-order valence-corrected chi connectivity index (χ1v) is 6.36. The molecule has 0 unspecified atom stereocenters. The lowest BCUT2D eigenvalue weighted by molar-refractivity contribution is 0.0993. The Morgan fingerprint density at radius 1 is 1.06 bits per heavy atom. The topological polar surface area (TPSA) is 17.1 Å². The molecule has 0 amide bonds. The Morgan fingerprint density at radius 3 is 2.35 bits per heavy atom. The van der Waals surface area contributed by atoms with Gasteiger partial charge in [-0.25, -0.2) is 0 Å². The molecule has 17 heavy (non-hydrogen) atoms. The standard InChI is InChI=1S/C14H10BrClO/c15-13-4-2-1-3-11(13)9-14(17)10-5-7-12(16)8-6-10/h1-8H,9H2. The van der Waals surface area contributed by atoms with Crippen LogP contribution in [0.3, 0.4) is 0 Å². The van der Waals surface area contributed by atoms with Gasteiger partial charge in [-0.1, -0.05) is 45.7 Å². The largest absolute Gasteiger partial charge is 0.294 e. The molecule has 0 aliphatic carbocycles. The van der Waals surface area contributed by atoms with Crippen molar-refractivity contribution in [3.05, 3.63) is 69.2 Å². The third kappa shape index (κ3) is 3.18. The molecule has 0 saturated carbocycles. The molecule has 2 aromatic carbocycles. The smallest absolute Gasteiger partial charge is 0.167 e. The van der Waals surface area contributed by atoms with E-state index in [4.69, 9.17) is 11.6 Å². The van der Waals surface area contributed by atoms with Crippen molar-refractivity contribution in [1.82, 2.24) is 0 Å². The number of carbonyl (C=O) groups is 1. The van der Waals surface area contributed by atoms with Gasteiger partial charge in [0.15, 0.2) is 5.78 Å². The van der Waals surface area contributed by atoms with Crippen LogP contribution in [0, 0.1) is 0 Å². The van der Waals surface area contributed by atoms with Crippen LogP contribution in [0.4, 0.5) is 0 Å². The Morgan fingerprint density at radius 2 is 1.71 bits per heavy atom. The van der Waals surface area contributed by atoms with Crippen LogP contribution in [0.1, 0.15) is 15.9 Å². The van der Waals surface area contributed by atoms with E-state index in [-0.39, 0.29) is 5.78 Å². The number of halogens is 2. The zero-order chi connectivity index (χ0) is 12.3. The van der Waals surface area contributed by atoms with Crippen molar-refractivity contribution < 1.29 is 4.79 Å². The van der Waals surface area contributed by atoms with E-state index in [0.717, 1.165) is 10.0 Å². The minimum atomic E-state index is 0.0913. The van der Waals surface area contributed by atoms with Crippen molar-refractivity contribution in [1.29, 1.82) is 0 Å². The Bertz CT molecular complexity index is 534. The van der Waals surface area contributed by atoms with E-state index in [2.05, 4.69) is 15.9 Å². The zero-order valence-corrected chi connectivity index (χ0v) is 11.3. The van der Waals surface area contributed by atoms with Crippen LogP contribution in [0.5, 0.6) is 0 Å². The highest BCUT2D eigenvalue weighted by molar-refractivity contribution is 9.10. The molecule has 0 spiro atoms. The second kappa shape index (κ2) is 5.48. The molecule has 3 heteroatoms. The average Bonchev–Trinajstić information content (AvgIpc) is 2.33. The summed E-state index contributed by atoms with van der Waals surface area (Å²) < 4.78 is 0.960. The molecule has 2 aromatic rings. The van der Waals surface area contributed by atoms with E-state index in [1.54, 1.807) is 24.3 Å². The van der Waals surface area contributed by atoms with Gasteiger partial charge < -0.3 is 0 Å². The predicted molar refractivity (Wildman–Crippen MR) is 73.6 cm³/mol. The number of hydrogen-bond donors (Lipinski definition) is 0. The third-order valence-electron chi connectivity index (χ3n) is 2.48. The summed E-state index contributed by atoms with van der Waals surface area (Å²) in [5.74, 6) is 0.0913. The lowest BCUT2D eigenvalue weighted by Gasteiger charge is -2.04. The molecule has 0 heterocycles. The zero-order valence-electron chi connectivity index (χ0n) is 8.99. The molecule has 0 N–H and O–H groups in total. The van der Waals surface area contributed by atoms with E-state index in [1.165, 1.54) is 0 Å². The summed E-state index contributed by atoms with van der Waals surface area (Å²) in [6.07, 6.45) is 0.392. The van der Waals surface area contributed by atoms with Crippen LogP contribution in [0.25, 0.3) is 0 Å². The van der Waals surface area contributed by atoms with Crippen molar-refractivity contribution in [2.75, 3.05) is 0 Å². The van der Waals surface area contributed by atoms with Crippen molar-refractivity contribution in [3.8, 4) is 0 Å². The quantitative estimate of drug-likeness (QED) is 0.761. The first-order chi connectivity index (χ1) is 8.16. The molecule has 1 nitrogen and oxygen atoms in total. The van der Waals surface area contributed by atoms with E-state index in [1.807, 2.05) is 24.3 Å². The highest BCUT2D eigenvalue weighted by Crippen LogP contribution is 2.18. The third-order valence-corrected chi connectivity index (χ3v) is 3.50. The van der Waals surface area contributed by atoms with Crippen molar-refractivity contribution in [2.45, 2.75) is 6.42 Å². The predicted octanol–water partition coefficient (Wildman–Crippen LogP) is 4.53. The van der Waals surface area contributed by atoms with Gasteiger partial charge in [-0.15, -0.1) is 0 Å². The summed E-state index contributed by atoms with van der Waals surface area (Å²) in [6.45, 7) is 0. The molecule has 0 atom stereocenters. The summed E-state index contributed by atoms with van der Waals surface area (Å²) >= 11 is 9.22. The van der Waals surface area contributed by atoms with E-state index in [9.17, 15) is 4.79 Å². The van der Waals surface area contributed by atoms with E-state index in [0.29, 0.717) is 17.0 Å². The number of ketones is 1. The first-order valence-electron chi connectivity index (χ1n) is 5.19. The molecule has 0 aliphatic rings. The average molecular weight is 310 g/mol. The Kier molecular flexibility index (Phi) is 3.97. The van der Waals surface area contributed by atoms with Crippen LogP contribution in [-0.2, 0) is 6.42 Å². The summed E-state index contributed by atoms with van der Waals surface area (Å²) in [6, 6.07) is 14.7. The van der Waals surface area contributed by atoms with Gasteiger partial charge in [-0.2, -0.15) is 0 Å². The maximum absolute atomic E-state index is 12.0. The molecule has 0 radical (unpaired) electrons. The Hall–Kier alpha value is -1.12. The minimum absolute atomic E-state index is 0.0913. The summed E-state index contributed by atoms with van der Waals surface area (Å²) in [5, 5.41) is 0.641. The Labute approximate surface area is 114 Å². The summed E-state index contributed by atoms with van der Waals surface area (Å²) in [7, 11) is 0. The highest BCUT2D eigenvalue weighted by Gasteiger charge is 2.08. The van der Waals surface area contributed by atoms with Gasteiger partial charge in [-0.05, 0) is 35.9 Å². The fourth-order valence-corrected chi connectivity index (χ4v) is 2.10. The van der Waals surface area contributed by atoms with E-state index < -0.39 is 0 Å². The Balaban J connectivity index is 2.17. The van der Waals surface area contributed by atoms with Crippen LogP contribution in [-0.4, -0.2) is 5.78 Å². The number of rotatable bonds is 3. The fourth-order valence-electron chi connectivity index (χ4n) is 1.55. The SMILES string of the molecule is O=C(Cc1ccccc1Br)c1ccc(Cl)cc1. The lowest BCUT2D eigenvalue weighted by atomic mass is 10.0. The minimum Gasteiger partial charge on any atom is -0.294 e. The van der Waals surface area contributed by atoms with Gasteiger partial charge in [-0.3, -0.25) is 4.79 Å². The second-order valence-corrected chi connectivity index (χ2v) is 4.99. The molecule has 0 fully saturated rings. The summed E-state index contributed by atoms with van der Waals surface area (Å²) in [4.78, 5) is 12.0. The second-order valence-electron chi connectivity index (χ2n) is 3.70. The fraction of sp³-hybridized carbons (Fsp3) is 0.0714. The molecule has 0 saturated heterocycles.